The number of fused-ring (bicyclic) bond motifs is 1. The molecule has 2 nitrogen and oxygen atoms in total. The van der Waals surface area contributed by atoms with Gasteiger partial charge in [-0.1, -0.05) is 43.5 Å². The first kappa shape index (κ1) is 13.8. The number of pyridine rings is 1. The molecule has 1 aromatic heterocycles. The molecule has 1 aromatic carbocycles. The van der Waals surface area contributed by atoms with E-state index in [1.807, 2.05) is 12.3 Å². The molecule has 20 heavy (non-hydrogen) atoms. The van der Waals surface area contributed by atoms with Crippen molar-refractivity contribution in [3.63, 3.8) is 0 Å². The van der Waals surface area contributed by atoms with Crippen LogP contribution in [0.2, 0.25) is 0 Å². The molecule has 0 aliphatic heterocycles. The van der Waals surface area contributed by atoms with Gasteiger partial charge in [-0.3, -0.25) is 4.98 Å². The Hall–Kier alpha value is -1.12. The molecule has 3 heteroatoms. The van der Waals surface area contributed by atoms with Crippen LogP contribution in [-0.2, 0) is 6.54 Å². The number of benzene rings is 1. The van der Waals surface area contributed by atoms with Crippen molar-refractivity contribution in [1.82, 2.24) is 10.3 Å². The fourth-order valence-corrected chi connectivity index (χ4v) is 3.41. The van der Waals surface area contributed by atoms with Gasteiger partial charge < -0.3 is 5.32 Å². The maximum Gasteiger partial charge on any atom is 0.0746 e. The summed E-state index contributed by atoms with van der Waals surface area (Å²) in [4.78, 5) is 4.51. The van der Waals surface area contributed by atoms with Crippen LogP contribution in [0.25, 0.3) is 10.9 Å². The van der Waals surface area contributed by atoms with Gasteiger partial charge in [0.25, 0.3) is 0 Å². The number of alkyl halides is 1. The Morgan fingerprint density at radius 2 is 1.95 bits per heavy atom. The van der Waals surface area contributed by atoms with E-state index in [1.165, 1.54) is 36.6 Å². The van der Waals surface area contributed by atoms with Crippen LogP contribution in [0.1, 0.15) is 37.7 Å². The first-order valence-electron chi connectivity index (χ1n) is 7.54. The van der Waals surface area contributed by atoms with Gasteiger partial charge in [-0.15, -0.1) is 11.6 Å². The van der Waals surface area contributed by atoms with Gasteiger partial charge in [-0.05, 0) is 24.5 Å². The van der Waals surface area contributed by atoms with E-state index in [9.17, 15) is 0 Å². The predicted octanol–water partition coefficient (Wildman–Crippen LogP) is 4.26. The average Bonchev–Trinajstić information content (AvgIpc) is 2.69. The molecular weight excluding hydrogens is 268 g/mol. The fourth-order valence-electron chi connectivity index (χ4n) is 3.04. The predicted molar refractivity (Wildman–Crippen MR) is 85.1 cm³/mol. The highest BCUT2D eigenvalue weighted by atomic mass is 35.5. The summed E-state index contributed by atoms with van der Waals surface area (Å²) in [5.74, 6) is 0. The van der Waals surface area contributed by atoms with Gasteiger partial charge in [0.1, 0.15) is 0 Å². The number of para-hydroxylation sites is 1. The van der Waals surface area contributed by atoms with Gasteiger partial charge in [-0.2, -0.15) is 0 Å². The van der Waals surface area contributed by atoms with Crippen LogP contribution in [0.15, 0.2) is 36.5 Å². The number of hydrogen-bond donors (Lipinski definition) is 1. The smallest absolute Gasteiger partial charge is 0.0746 e. The zero-order valence-electron chi connectivity index (χ0n) is 11.7. The van der Waals surface area contributed by atoms with E-state index in [4.69, 9.17) is 11.6 Å². The van der Waals surface area contributed by atoms with E-state index in [0.717, 1.165) is 18.5 Å². The second-order valence-electron chi connectivity index (χ2n) is 5.63. The van der Waals surface area contributed by atoms with Gasteiger partial charge in [0.05, 0.1) is 5.52 Å². The molecule has 0 spiro atoms. The number of nitrogens with zero attached hydrogens (tertiary/aromatic N) is 1. The van der Waals surface area contributed by atoms with Gasteiger partial charge in [0, 0.05) is 29.5 Å². The molecule has 1 aliphatic rings. The highest BCUT2D eigenvalue weighted by Gasteiger charge is 2.21. The highest BCUT2D eigenvalue weighted by Crippen LogP contribution is 2.23. The van der Waals surface area contributed by atoms with Gasteiger partial charge in [-0.25, -0.2) is 0 Å². The molecular formula is C17H21ClN2. The molecule has 1 N–H and O–H groups in total. The second kappa shape index (κ2) is 6.55. The van der Waals surface area contributed by atoms with Crippen LogP contribution in [0, 0.1) is 0 Å². The lowest BCUT2D eigenvalue weighted by molar-refractivity contribution is 0.465. The maximum absolute atomic E-state index is 6.49. The third-order valence-electron chi connectivity index (χ3n) is 4.20. The summed E-state index contributed by atoms with van der Waals surface area (Å²) in [6.07, 6.45) is 8.05. The Labute approximate surface area is 125 Å². The van der Waals surface area contributed by atoms with Crippen LogP contribution in [0.3, 0.4) is 0 Å². The molecule has 106 valence electrons. The van der Waals surface area contributed by atoms with Crippen molar-refractivity contribution < 1.29 is 0 Å². The van der Waals surface area contributed by atoms with Crippen LogP contribution in [0.4, 0.5) is 0 Å². The number of nitrogens with one attached hydrogen (secondary N) is 1. The molecule has 0 radical (unpaired) electrons. The molecule has 3 rings (SSSR count). The van der Waals surface area contributed by atoms with Crippen LogP contribution >= 0.6 is 11.6 Å². The van der Waals surface area contributed by atoms with Crippen LogP contribution in [-0.4, -0.2) is 16.4 Å². The summed E-state index contributed by atoms with van der Waals surface area (Å²) in [5.41, 5.74) is 2.36. The SMILES string of the molecule is ClC1CCCCCC1NCc1cccc2cccnc12. The molecule has 2 unspecified atom stereocenters. The monoisotopic (exact) mass is 288 g/mol. The summed E-state index contributed by atoms with van der Waals surface area (Å²) in [6, 6.07) is 10.9. The van der Waals surface area contributed by atoms with Crippen molar-refractivity contribution in [1.29, 1.82) is 0 Å². The average molecular weight is 289 g/mol. The first-order valence-corrected chi connectivity index (χ1v) is 7.98. The molecule has 1 aliphatic carbocycles. The Balaban J connectivity index is 1.73. The lowest BCUT2D eigenvalue weighted by atomic mass is 10.1. The largest absolute Gasteiger partial charge is 0.308 e. The summed E-state index contributed by atoms with van der Waals surface area (Å²) < 4.78 is 0. The number of aromatic nitrogens is 1. The number of halogens is 1. The summed E-state index contributed by atoms with van der Waals surface area (Å²) in [6.45, 7) is 0.849. The molecule has 0 saturated heterocycles. The Morgan fingerprint density at radius 1 is 1.10 bits per heavy atom. The summed E-state index contributed by atoms with van der Waals surface area (Å²) >= 11 is 6.49. The van der Waals surface area contributed by atoms with E-state index >= 15 is 0 Å². The maximum atomic E-state index is 6.49. The summed E-state index contributed by atoms with van der Waals surface area (Å²) in [5, 5.41) is 5.12. The molecule has 0 amide bonds. The third kappa shape index (κ3) is 3.13. The van der Waals surface area contributed by atoms with Gasteiger partial charge in [0.15, 0.2) is 0 Å². The lowest BCUT2D eigenvalue weighted by Crippen LogP contribution is -2.35. The molecule has 1 fully saturated rings. The molecule has 2 atom stereocenters. The van der Waals surface area contributed by atoms with E-state index in [1.54, 1.807) is 0 Å². The van der Waals surface area contributed by atoms with Crippen molar-refractivity contribution >= 4 is 22.5 Å². The van der Waals surface area contributed by atoms with Crippen molar-refractivity contribution in [3.05, 3.63) is 42.1 Å². The minimum Gasteiger partial charge on any atom is -0.308 e. The van der Waals surface area contributed by atoms with Crippen molar-refractivity contribution in [2.75, 3.05) is 0 Å². The lowest BCUT2D eigenvalue weighted by Gasteiger charge is -2.21. The fraction of sp³-hybridized carbons (Fsp3) is 0.471. The minimum atomic E-state index is 0.264. The Bertz CT molecular complexity index is 564. The van der Waals surface area contributed by atoms with Crippen molar-refractivity contribution in [2.45, 2.75) is 50.1 Å². The zero-order chi connectivity index (χ0) is 13.8. The highest BCUT2D eigenvalue weighted by molar-refractivity contribution is 6.21. The molecule has 1 saturated carbocycles. The van der Waals surface area contributed by atoms with E-state index in [-0.39, 0.29) is 5.38 Å². The third-order valence-corrected chi connectivity index (χ3v) is 4.72. The van der Waals surface area contributed by atoms with Crippen LogP contribution in [0.5, 0.6) is 0 Å². The molecule has 2 aromatic rings. The summed E-state index contributed by atoms with van der Waals surface area (Å²) in [7, 11) is 0. The number of rotatable bonds is 3. The first-order chi connectivity index (χ1) is 9.84. The Morgan fingerprint density at radius 3 is 2.90 bits per heavy atom. The Kier molecular flexibility index (Phi) is 4.54. The van der Waals surface area contributed by atoms with Gasteiger partial charge >= 0.3 is 0 Å². The normalized spacial score (nSPS) is 23.6. The van der Waals surface area contributed by atoms with Crippen molar-refractivity contribution in [3.8, 4) is 0 Å². The number of hydrogen-bond acceptors (Lipinski definition) is 2. The topological polar surface area (TPSA) is 24.9 Å². The minimum absolute atomic E-state index is 0.264. The van der Waals surface area contributed by atoms with E-state index in [2.05, 4.69) is 34.6 Å². The second-order valence-corrected chi connectivity index (χ2v) is 6.19. The quantitative estimate of drug-likeness (QED) is 0.674. The zero-order valence-corrected chi connectivity index (χ0v) is 12.4. The van der Waals surface area contributed by atoms with E-state index in [0.29, 0.717) is 6.04 Å². The molecule has 0 bridgehead atoms. The van der Waals surface area contributed by atoms with Crippen molar-refractivity contribution in [2.24, 2.45) is 0 Å². The molecule has 1 heterocycles. The van der Waals surface area contributed by atoms with Crippen LogP contribution < -0.4 is 5.32 Å². The van der Waals surface area contributed by atoms with Gasteiger partial charge in [0.2, 0.25) is 0 Å². The standard InChI is InChI=1S/C17H21ClN2/c18-15-9-2-1-3-10-16(15)20-12-14-7-4-6-13-8-5-11-19-17(13)14/h4-8,11,15-16,20H,1-3,9-10,12H2. The van der Waals surface area contributed by atoms with E-state index < -0.39 is 0 Å².